The number of anilines is 3. The number of nitro benzene ring substituents is 1. The first-order valence-electron chi connectivity index (χ1n) is 33.5. The molecule has 53 heteroatoms. The molecule has 9 heterocycles. The fourth-order valence-electron chi connectivity index (χ4n) is 9.89. The van der Waals surface area contributed by atoms with Crippen molar-refractivity contribution in [1.82, 2.24) is 65.9 Å². The van der Waals surface area contributed by atoms with Crippen molar-refractivity contribution in [1.29, 1.82) is 0 Å². The summed E-state index contributed by atoms with van der Waals surface area (Å²) in [7, 11) is 0.348. The number of hydrogen-bond donors (Lipinski definition) is 13. The van der Waals surface area contributed by atoms with Crippen molar-refractivity contribution in [3.05, 3.63) is 242 Å². The largest absolute Gasteiger partial charge is 2.00 e. The first-order chi connectivity index (χ1) is 57.1. The van der Waals surface area contributed by atoms with Crippen molar-refractivity contribution in [3.8, 4) is 0 Å². The van der Waals surface area contributed by atoms with E-state index in [0.29, 0.717) is 61.2 Å². The summed E-state index contributed by atoms with van der Waals surface area (Å²) in [6, 6.07) is 26.0. The minimum atomic E-state index is -4.68. The average molecular weight is 1860 g/mol. The minimum absolute atomic E-state index is 0. The van der Waals surface area contributed by atoms with Crippen LogP contribution in [0, 0.1) is 27.7 Å². The predicted octanol–water partition coefficient (Wildman–Crippen LogP) is 8.68. The molecule has 0 spiro atoms. The van der Waals surface area contributed by atoms with Crippen molar-refractivity contribution < 1.29 is 157 Å². The second-order valence-electron chi connectivity index (χ2n) is 24.3. The van der Waals surface area contributed by atoms with E-state index in [1.54, 1.807) is 48.8 Å². The van der Waals surface area contributed by atoms with E-state index in [1.807, 2.05) is 6.07 Å². The molecule has 41 nitrogen and oxygen atoms in total. The molecule has 14 rings (SSSR count). The van der Waals surface area contributed by atoms with E-state index >= 15 is 0 Å². The third-order valence-corrected chi connectivity index (χ3v) is 15.4. The zero-order valence-corrected chi connectivity index (χ0v) is 69.1. The molecule has 0 aliphatic carbocycles. The van der Waals surface area contributed by atoms with Gasteiger partial charge in [-0.05, 0) is 118 Å². The van der Waals surface area contributed by atoms with Crippen molar-refractivity contribution in [2.24, 2.45) is 0 Å². The molecule has 2 amide bonds. The summed E-state index contributed by atoms with van der Waals surface area (Å²) in [4.78, 5) is 109. The van der Waals surface area contributed by atoms with Gasteiger partial charge >= 0.3 is 81.8 Å². The molecule has 1 saturated heterocycles. The van der Waals surface area contributed by atoms with Gasteiger partial charge < -0.3 is 79.9 Å². The number of nitrogens with zero attached hydrogens (tertiary/aromatic N) is 10. The summed E-state index contributed by atoms with van der Waals surface area (Å²) >= 11 is 0. The predicted molar refractivity (Wildman–Crippen MR) is 418 cm³/mol. The maximum atomic E-state index is 12.8. The molecular weight excluding hydrogens is 1790 g/mol. The van der Waals surface area contributed by atoms with Crippen LogP contribution in [0.4, 0.5) is 62.3 Å². The van der Waals surface area contributed by atoms with E-state index in [1.165, 1.54) is 104 Å². The van der Waals surface area contributed by atoms with E-state index in [2.05, 4.69) is 95.5 Å². The Morgan fingerprint density at radius 2 is 0.840 bits per heavy atom. The molecule has 1 fully saturated rings. The Kier molecular flexibility index (Phi) is 39.4. The number of nitro groups is 1. The number of H-pyrrole nitrogens is 5. The number of aliphatic hydroxyl groups is 1. The number of pyridine rings is 3. The van der Waals surface area contributed by atoms with E-state index < -0.39 is 109 Å². The van der Waals surface area contributed by atoms with Gasteiger partial charge in [-0.15, -0.1) is 10.1 Å². The minimum Gasteiger partial charge on any atom is -1.00 e. The summed E-state index contributed by atoms with van der Waals surface area (Å²) in [5.41, 5.74) is 4.33. The monoisotopic (exact) mass is 1860 g/mol. The summed E-state index contributed by atoms with van der Waals surface area (Å²) < 4.78 is 167. The van der Waals surface area contributed by atoms with Gasteiger partial charge in [-0.2, -0.15) is 73.4 Å². The number of amides is 2. The van der Waals surface area contributed by atoms with Gasteiger partial charge in [-0.1, -0.05) is 24.3 Å². The van der Waals surface area contributed by atoms with Crippen LogP contribution >= 0.6 is 0 Å². The summed E-state index contributed by atoms with van der Waals surface area (Å²) in [5, 5.41) is 84.4. The molecule has 0 saturated carbocycles. The van der Waals surface area contributed by atoms with E-state index in [-0.39, 0.29) is 87.3 Å². The van der Waals surface area contributed by atoms with Gasteiger partial charge in [0.2, 0.25) is 0 Å². The van der Waals surface area contributed by atoms with Crippen molar-refractivity contribution >= 4 is 152 Å². The maximum Gasteiger partial charge on any atom is 2.00 e. The zero-order valence-electron chi connectivity index (χ0n) is 65.3. The Morgan fingerprint density at radius 3 is 1.22 bits per heavy atom. The number of benzene rings is 5. The molecule has 0 radical (unpaired) electrons. The standard InChI is InChI=1S/C17H15F3N4O2.C16H11F3N4O3.C9H7N3O4.C9H9N3O2.C9H8N2O2.C7H4F3NO2.C4H8O.CH3.BrH.Mg.HNO3.H2O4S/c1-16(2,26)10-7-12-9(8-21-24-12)6-13(10)23-15(25)11-4-3-5-14(22-11)17(18,19)20;1-26-15(25)9-6-11-8(7-20-23-11)5-12(9)22-14(24)10-3-2-4-13(21-10)16(17,18)19;1-16-9(13)6-3-7-5(4-10-11-7)2-8(6)12(14)15;1-14-9(13)6-3-8-5(2-7(6)10)4-11-12-8;1-13-9(12)6-2-3-7-5-10-11-8(7)4-6;8-7(9,10)5-3-1-2-4(11-5)6(12)13;1-2-4-5-3-1;;;;2-1(3)4;1-5(2,3)4/h3-8,26H,1-2H3,(H,21,24)(H,23,25);2-7H,1H3,(H,20,23)(H,22,24);2-4H,1H3,(H,10,11);2-4H,10H2,1H3,(H,11,12);2-5H,1H3,(H,10,11);1-3H,(H,12,13);1-4H2;1H3;1H;;(H,2,3,4);(H2,1,2,3,4)/q;;;;;;;-1;;+2;;/p-1. The number of esters is 4. The number of carbonyl (C=O) groups is 7. The summed E-state index contributed by atoms with van der Waals surface area (Å²) in [6.07, 6.45) is -3.58. The number of rotatable bonds is 11. The fraction of sp³-hybridized carbons (Fsp3) is 0.194. The number of aromatic carboxylic acids is 1. The molecule has 662 valence electrons. The molecule has 1 aliphatic heterocycles. The van der Waals surface area contributed by atoms with Gasteiger partial charge in [-0.25, -0.2) is 38.9 Å². The van der Waals surface area contributed by atoms with Crippen LogP contribution < -0.4 is 33.3 Å². The number of methoxy groups -OCH3 is 4. The Hall–Kier alpha value is -14.0. The van der Waals surface area contributed by atoms with Gasteiger partial charge in [-0.3, -0.25) is 54.3 Å². The van der Waals surface area contributed by atoms with Crippen molar-refractivity contribution in [2.45, 2.75) is 50.8 Å². The average Bonchev–Trinajstić information content (AvgIpc) is 1.77. The van der Waals surface area contributed by atoms with E-state index in [9.17, 15) is 88.3 Å². The van der Waals surface area contributed by atoms with Gasteiger partial charge in [0, 0.05) is 63.1 Å². The number of nitrogens with one attached hydrogen (secondary N) is 7. The summed E-state index contributed by atoms with van der Waals surface area (Å²) in [6.45, 7) is 5.06. The van der Waals surface area contributed by atoms with Crippen molar-refractivity contribution in [2.75, 3.05) is 58.0 Å². The topological polar surface area (TPSA) is 619 Å². The number of aromatic amines is 5. The van der Waals surface area contributed by atoms with Gasteiger partial charge in [0.15, 0.2) is 0 Å². The molecule has 0 atom stereocenters. The van der Waals surface area contributed by atoms with Crippen LogP contribution in [0.25, 0.3) is 54.5 Å². The number of fused-ring (bicyclic) bond motifs is 5. The second-order valence-corrected chi connectivity index (χ2v) is 25.2. The Balaban J connectivity index is 0.000000380. The third-order valence-electron chi connectivity index (χ3n) is 15.4. The second kappa shape index (κ2) is 46.9. The molecule has 8 aromatic heterocycles. The Morgan fingerprint density at radius 1 is 0.504 bits per heavy atom. The molecule has 13 aromatic rings. The molecule has 14 N–H and O–H groups in total. The first-order valence-corrected chi connectivity index (χ1v) is 34.9. The van der Waals surface area contributed by atoms with E-state index in [0.717, 1.165) is 77.5 Å². The van der Waals surface area contributed by atoms with Crippen molar-refractivity contribution in [3.63, 3.8) is 0 Å². The Bertz CT molecular complexity index is 6030. The number of carbonyl (C=O) groups excluding carboxylic acids is 6. The molecule has 125 heavy (non-hydrogen) atoms. The van der Waals surface area contributed by atoms with Gasteiger partial charge in [0.05, 0.1) is 120 Å². The first kappa shape index (κ1) is 105. The SMILES string of the molecule is C1CCOC1.CC(C)(O)c1cc2[nH]ncc2cc1NC(=O)c1cccc(C(F)(F)F)n1.COC(=O)c1cc2[nH]ncc2cc1N.COC(=O)c1cc2[nH]ncc2cc1NC(=O)c1cccc(C(F)(F)F)n1.COC(=O)c1cc2[nH]ncc2cc1[N+](=O)[O-].COC(=O)c1ccc2cn[nH]c2c1.O=C(O)c1cccc(C(F)(F)F)n1.O=S(=O)(O)O.O=[N+]([O-])O.[Br-].[CH3-].[Mg+2]. The number of halogens is 10. The molecule has 0 bridgehead atoms. The number of ether oxygens (including phenoxy) is 5. The zero-order chi connectivity index (χ0) is 90.8. The van der Waals surface area contributed by atoms with E-state index in [4.69, 9.17) is 48.4 Å². The van der Waals surface area contributed by atoms with Crippen LogP contribution in [0.1, 0.15) is 122 Å². The van der Waals surface area contributed by atoms with Crippen LogP contribution in [-0.4, -0.2) is 215 Å². The van der Waals surface area contributed by atoms with Gasteiger partial charge in [0.25, 0.3) is 22.6 Å². The van der Waals surface area contributed by atoms with Crippen LogP contribution in [-0.2, 0) is 58.2 Å². The maximum absolute atomic E-state index is 12.8. The number of carboxylic acid groups (broad SMARTS) is 1. The number of alkyl halides is 9. The molecular formula is C72H68BrF9MgN18O23S. The number of carboxylic acids is 1. The van der Waals surface area contributed by atoms with Crippen LogP contribution in [0.3, 0.4) is 0 Å². The number of aromatic nitrogens is 13. The van der Waals surface area contributed by atoms with Crippen LogP contribution in [0.2, 0.25) is 0 Å². The number of hydrogen-bond acceptors (Lipinski definition) is 28. The number of nitrogens with two attached hydrogens (primary N) is 1. The van der Waals surface area contributed by atoms with Crippen LogP contribution in [0.5, 0.6) is 0 Å². The third kappa shape index (κ3) is 32.1. The normalized spacial score (nSPS) is 11.3. The molecule has 1 aliphatic rings. The number of nitrogen functional groups attached to an aromatic ring is 1. The smallest absolute Gasteiger partial charge is 1.00 e. The molecule has 5 aromatic carbocycles. The Labute approximate surface area is 722 Å². The van der Waals surface area contributed by atoms with Gasteiger partial charge in [0.1, 0.15) is 39.7 Å². The quantitative estimate of drug-likeness (QED) is 0.00662. The van der Waals surface area contributed by atoms with Crippen LogP contribution in [0.15, 0.2) is 152 Å². The fourth-order valence-corrected chi connectivity index (χ4v) is 9.89. The molecule has 0 unspecified atom stereocenters. The summed E-state index contributed by atoms with van der Waals surface area (Å²) in [5.74, 6) is -5.45.